The van der Waals surface area contributed by atoms with E-state index in [-0.39, 0.29) is 5.91 Å². The van der Waals surface area contributed by atoms with Gasteiger partial charge in [-0.1, -0.05) is 6.07 Å². The second-order valence-electron chi connectivity index (χ2n) is 3.43. The maximum Gasteiger partial charge on any atom is 0.232 e. The van der Waals surface area contributed by atoms with Gasteiger partial charge in [-0.3, -0.25) is 14.8 Å². The number of pyridine rings is 1. The molecule has 0 saturated carbocycles. The van der Waals surface area contributed by atoms with Crippen LogP contribution in [0.1, 0.15) is 12.0 Å². The number of amides is 1. The van der Waals surface area contributed by atoms with Crippen LogP contribution in [-0.4, -0.2) is 17.1 Å². The topological polar surface area (TPSA) is 68.3 Å². The first-order valence-corrected chi connectivity index (χ1v) is 4.65. The zero-order valence-corrected chi connectivity index (χ0v) is 8.13. The van der Waals surface area contributed by atoms with E-state index in [0.29, 0.717) is 6.42 Å². The lowest BCUT2D eigenvalue weighted by Crippen LogP contribution is -2.40. The highest BCUT2D eigenvalue weighted by molar-refractivity contribution is 5.92. The van der Waals surface area contributed by atoms with Crippen LogP contribution in [0.15, 0.2) is 41.8 Å². The Bertz CT molecular complexity index is 425. The molecule has 0 saturated heterocycles. The first-order valence-electron chi connectivity index (χ1n) is 4.65. The van der Waals surface area contributed by atoms with E-state index in [1.54, 1.807) is 37.0 Å². The van der Waals surface area contributed by atoms with E-state index in [2.05, 4.69) is 9.98 Å². The highest BCUT2D eigenvalue weighted by atomic mass is 16.1. The fourth-order valence-corrected chi connectivity index (χ4v) is 1.66. The second kappa shape index (κ2) is 3.65. The van der Waals surface area contributed by atoms with Crippen molar-refractivity contribution >= 4 is 12.1 Å². The zero-order chi connectivity index (χ0) is 10.7. The van der Waals surface area contributed by atoms with Gasteiger partial charge in [-0.15, -0.1) is 0 Å². The summed E-state index contributed by atoms with van der Waals surface area (Å²) >= 11 is 0. The van der Waals surface area contributed by atoms with Crippen molar-refractivity contribution in [1.29, 1.82) is 0 Å². The molecule has 1 aliphatic heterocycles. The summed E-state index contributed by atoms with van der Waals surface area (Å²) in [5.41, 5.74) is 5.48. The lowest BCUT2D eigenvalue weighted by Gasteiger charge is -2.27. The largest absolute Gasteiger partial charge is 0.369 e. The molecular formula is C11H11N3O. The summed E-state index contributed by atoms with van der Waals surface area (Å²) in [5.74, 6) is -0.377. The number of aromatic nitrogens is 1. The highest BCUT2D eigenvalue weighted by Gasteiger charge is 2.36. The summed E-state index contributed by atoms with van der Waals surface area (Å²) in [4.78, 5) is 19.5. The van der Waals surface area contributed by atoms with Gasteiger partial charge in [0, 0.05) is 31.2 Å². The molecule has 4 nitrogen and oxygen atoms in total. The van der Waals surface area contributed by atoms with Gasteiger partial charge in [0.25, 0.3) is 0 Å². The summed E-state index contributed by atoms with van der Waals surface area (Å²) < 4.78 is 0. The monoisotopic (exact) mass is 201 g/mol. The summed E-state index contributed by atoms with van der Waals surface area (Å²) in [7, 11) is 0. The number of nitrogens with two attached hydrogens (primary N) is 1. The Labute approximate surface area is 87.5 Å². The normalized spacial score (nSPS) is 24.0. The van der Waals surface area contributed by atoms with Crippen molar-refractivity contribution in [3.63, 3.8) is 0 Å². The van der Waals surface area contributed by atoms with E-state index in [4.69, 9.17) is 5.73 Å². The van der Waals surface area contributed by atoms with E-state index in [9.17, 15) is 4.79 Å². The molecule has 0 radical (unpaired) electrons. The number of primary amides is 1. The van der Waals surface area contributed by atoms with Gasteiger partial charge in [0.2, 0.25) is 5.91 Å². The van der Waals surface area contributed by atoms with E-state index >= 15 is 0 Å². The molecule has 0 aliphatic carbocycles. The standard InChI is InChI=1S/C11H11N3O/c12-10(15)11(3-6-13-7-4-11)9-2-1-5-14-8-9/h1-3,5-8H,4H2,(H2,12,15). The quantitative estimate of drug-likeness (QED) is 0.768. The van der Waals surface area contributed by atoms with Crippen LogP contribution in [0.5, 0.6) is 0 Å². The van der Waals surface area contributed by atoms with Crippen LogP contribution in [0.25, 0.3) is 0 Å². The van der Waals surface area contributed by atoms with Crippen molar-refractivity contribution in [1.82, 2.24) is 4.98 Å². The molecule has 0 spiro atoms. The summed E-state index contributed by atoms with van der Waals surface area (Å²) in [6.45, 7) is 0. The Morgan fingerprint density at radius 2 is 2.40 bits per heavy atom. The molecule has 1 unspecified atom stereocenters. The molecular weight excluding hydrogens is 190 g/mol. The minimum Gasteiger partial charge on any atom is -0.369 e. The van der Waals surface area contributed by atoms with Gasteiger partial charge in [-0.2, -0.15) is 0 Å². The van der Waals surface area contributed by atoms with Crippen LogP contribution in [0.2, 0.25) is 0 Å². The predicted molar refractivity (Wildman–Crippen MR) is 57.4 cm³/mol. The molecule has 1 aliphatic rings. The molecule has 1 amide bonds. The number of carbonyl (C=O) groups excluding carboxylic acids is 1. The minimum atomic E-state index is -0.782. The summed E-state index contributed by atoms with van der Waals surface area (Å²) in [6.07, 6.45) is 8.84. The number of hydrogen-bond donors (Lipinski definition) is 1. The first-order chi connectivity index (χ1) is 7.26. The van der Waals surface area contributed by atoms with Gasteiger partial charge >= 0.3 is 0 Å². The molecule has 0 aromatic carbocycles. The maximum absolute atomic E-state index is 11.6. The van der Waals surface area contributed by atoms with Crippen molar-refractivity contribution < 1.29 is 4.79 Å². The number of nitrogens with zero attached hydrogens (tertiary/aromatic N) is 2. The molecule has 0 fully saturated rings. The third-order valence-corrected chi connectivity index (χ3v) is 2.58. The SMILES string of the molecule is NC(=O)C1(c2cccnc2)C=CN=CC1. The molecule has 4 heteroatoms. The van der Waals surface area contributed by atoms with Gasteiger partial charge < -0.3 is 5.73 Å². The van der Waals surface area contributed by atoms with Crippen LogP contribution in [0.3, 0.4) is 0 Å². The van der Waals surface area contributed by atoms with E-state index in [0.717, 1.165) is 5.56 Å². The van der Waals surface area contributed by atoms with Crippen LogP contribution < -0.4 is 5.73 Å². The predicted octanol–water partition coefficient (Wildman–Crippen LogP) is 0.793. The third-order valence-electron chi connectivity index (χ3n) is 2.58. The average molecular weight is 201 g/mol. The van der Waals surface area contributed by atoms with Crippen molar-refractivity contribution in [2.45, 2.75) is 11.8 Å². The summed E-state index contributed by atoms with van der Waals surface area (Å²) in [5, 5.41) is 0. The van der Waals surface area contributed by atoms with E-state index < -0.39 is 5.41 Å². The maximum atomic E-state index is 11.6. The second-order valence-corrected chi connectivity index (χ2v) is 3.43. The zero-order valence-electron chi connectivity index (χ0n) is 8.13. The molecule has 76 valence electrons. The number of hydrogen-bond acceptors (Lipinski definition) is 3. The van der Waals surface area contributed by atoms with Gasteiger partial charge in [0.05, 0.1) is 5.41 Å². The number of carbonyl (C=O) groups is 1. The van der Waals surface area contributed by atoms with Crippen LogP contribution in [-0.2, 0) is 10.2 Å². The first kappa shape index (κ1) is 9.58. The Hall–Kier alpha value is -1.97. The molecule has 15 heavy (non-hydrogen) atoms. The lowest BCUT2D eigenvalue weighted by atomic mass is 9.77. The molecule has 2 heterocycles. The van der Waals surface area contributed by atoms with Crippen molar-refractivity contribution in [2.75, 3.05) is 0 Å². The van der Waals surface area contributed by atoms with E-state index in [1.165, 1.54) is 0 Å². The van der Waals surface area contributed by atoms with Crippen molar-refractivity contribution in [3.05, 3.63) is 42.4 Å². The fraction of sp³-hybridized carbons (Fsp3) is 0.182. The van der Waals surface area contributed by atoms with Crippen LogP contribution >= 0.6 is 0 Å². The van der Waals surface area contributed by atoms with E-state index in [1.807, 2.05) is 6.07 Å². The van der Waals surface area contributed by atoms with Crippen LogP contribution in [0, 0.1) is 0 Å². The van der Waals surface area contributed by atoms with Gasteiger partial charge in [-0.25, -0.2) is 0 Å². The Morgan fingerprint density at radius 1 is 1.53 bits per heavy atom. The molecule has 2 N–H and O–H groups in total. The average Bonchev–Trinajstić information content (AvgIpc) is 2.31. The smallest absolute Gasteiger partial charge is 0.232 e. The molecule has 1 aromatic rings. The number of aliphatic imine (C=N–C) groups is 1. The molecule has 1 aromatic heterocycles. The molecule has 2 rings (SSSR count). The third kappa shape index (κ3) is 1.54. The van der Waals surface area contributed by atoms with Gasteiger partial charge in [-0.05, 0) is 17.7 Å². The number of rotatable bonds is 2. The van der Waals surface area contributed by atoms with Crippen molar-refractivity contribution in [2.24, 2.45) is 10.7 Å². The Morgan fingerprint density at radius 3 is 2.93 bits per heavy atom. The fourth-order valence-electron chi connectivity index (χ4n) is 1.66. The Kier molecular flexibility index (Phi) is 2.33. The minimum absolute atomic E-state index is 0.377. The van der Waals surface area contributed by atoms with Gasteiger partial charge in [0.1, 0.15) is 0 Å². The highest BCUT2D eigenvalue weighted by Crippen LogP contribution is 2.30. The summed E-state index contributed by atoms with van der Waals surface area (Å²) in [6, 6.07) is 3.64. The van der Waals surface area contributed by atoms with Crippen LogP contribution in [0.4, 0.5) is 0 Å². The Balaban J connectivity index is 2.49. The molecule has 1 atom stereocenters. The van der Waals surface area contributed by atoms with Crippen molar-refractivity contribution in [3.8, 4) is 0 Å². The van der Waals surface area contributed by atoms with Gasteiger partial charge in [0.15, 0.2) is 0 Å². The lowest BCUT2D eigenvalue weighted by molar-refractivity contribution is -0.121. The molecule has 0 bridgehead atoms.